The Morgan fingerprint density at radius 3 is 2.28 bits per heavy atom. The van der Waals surface area contributed by atoms with Crippen LogP contribution < -0.4 is 19.9 Å². The second-order valence-corrected chi connectivity index (χ2v) is 6.49. The van der Waals surface area contributed by atoms with Gasteiger partial charge in [-0.25, -0.2) is 0 Å². The monoisotopic (exact) mass is 355 g/mol. The maximum atomic E-state index is 6.48. The van der Waals surface area contributed by atoms with E-state index in [9.17, 15) is 0 Å². The van der Waals surface area contributed by atoms with Crippen LogP contribution >= 0.6 is 11.3 Å². The molecule has 0 saturated heterocycles. The molecule has 25 heavy (non-hydrogen) atoms. The highest BCUT2D eigenvalue weighted by Crippen LogP contribution is 2.39. The Morgan fingerprint density at radius 1 is 0.920 bits per heavy atom. The summed E-state index contributed by atoms with van der Waals surface area (Å²) in [4.78, 5) is 1.07. The Labute approximate surface area is 151 Å². The molecule has 0 radical (unpaired) electrons. The molecule has 0 aliphatic rings. The molecule has 0 aliphatic heterocycles. The highest BCUT2D eigenvalue weighted by Gasteiger charge is 2.19. The number of rotatable bonds is 7. The molecular weight excluding hydrogens is 334 g/mol. The third kappa shape index (κ3) is 3.95. The molecule has 0 amide bonds. The number of hydrogen-bond donors (Lipinski definition) is 1. The van der Waals surface area contributed by atoms with E-state index in [1.54, 1.807) is 25.6 Å². The molecule has 1 atom stereocenters. The Morgan fingerprint density at radius 2 is 1.64 bits per heavy atom. The fraction of sp³-hybridized carbons (Fsp3) is 0.200. The summed E-state index contributed by atoms with van der Waals surface area (Å²) >= 11 is 1.62. The van der Waals surface area contributed by atoms with Crippen LogP contribution in [0.5, 0.6) is 17.2 Å². The van der Waals surface area contributed by atoms with Gasteiger partial charge >= 0.3 is 0 Å². The first-order chi connectivity index (χ1) is 12.2. The Balaban J connectivity index is 1.95. The third-order valence-corrected chi connectivity index (χ3v) is 4.89. The summed E-state index contributed by atoms with van der Waals surface area (Å²) in [6.45, 7) is 0.459. The van der Waals surface area contributed by atoms with Crippen LogP contribution in [-0.4, -0.2) is 14.2 Å². The molecule has 130 valence electrons. The Hall–Kier alpha value is -2.50. The average molecular weight is 355 g/mol. The van der Waals surface area contributed by atoms with Gasteiger partial charge in [-0.15, -0.1) is 11.3 Å². The number of hydrogen-bond acceptors (Lipinski definition) is 5. The van der Waals surface area contributed by atoms with Crippen molar-refractivity contribution in [3.05, 3.63) is 76.0 Å². The van der Waals surface area contributed by atoms with E-state index in [4.69, 9.17) is 19.9 Å². The number of nitrogens with two attached hydrogens (primary N) is 1. The summed E-state index contributed by atoms with van der Waals surface area (Å²) in [6.07, 6.45) is 0. The second-order valence-electron chi connectivity index (χ2n) is 5.51. The summed E-state index contributed by atoms with van der Waals surface area (Å²) in [5.41, 5.74) is 8.44. The van der Waals surface area contributed by atoms with Crippen LogP contribution in [0.25, 0.3) is 0 Å². The van der Waals surface area contributed by atoms with Crippen LogP contribution in [0.3, 0.4) is 0 Å². The predicted octanol–water partition coefficient (Wildman–Crippen LogP) is 4.39. The van der Waals surface area contributed by atoms with Gasteiger partial charge in [0.25, 0.3) is 0 Å². The van der Waals surface area contributed by atoms with Crippen LogP contribution in [0.1, 0.15) is 22.0 Å². The highest BCUT2D eigenvalue weighted by molar-refractivity contribution is 7.10. The lowest BCUT2D eigenvalue weighted by Crippen LogP contribution is -2.13. The lowest BCUT2D eigenvalue weighted by Gasteiger charge is -2.19. The SMILES string of the molecule is COc1cc(OCc2ccccc2)c([C@H](N)c2cccs2)cc1OC. The van der Waals surface area contributed by atoms with E-state index in [-0.39, 0.29) is 6.04 Å². The first kappa shape index (κ1) is 17.3. The van der Waals surface area contributed by atoms with E-state index in [0.717, 1.165) is 16.0 Å². The van der Waals surface area contributed by atoms with Gasteiger partial charge in [0.1, 0.15) is 12.4 Å². The molecule has 2 N–H and O–H groups in total. The minimum Gasteiger partial charge on any atom is -0.493 e. The molecule has 1 heterocycles. The van der Waals surface area contributed by atoms with Crippen LogP contribution in [0.4, 0.5) is 0 Å². The third-order valence-electron chi connectivity index (χ3n) is 3.94. The van der Waals surface area contributed by atoms with E-state index >= 15 is 0 Å². The van der Waals surface area contributed by atoms with Crippen LogP contribution in [-0.2, 0) is 6.61 Å². The van der Waals surface area contributed by atoms with E-state index in [1.165, 1.54) is 0 Å². The summed E-state index contributed by atoms with van der Waals surface area (Å²) in [5.74, 6) is 1.95. The van der Waals surface area contributed by atoms with E-state index in [1.807, 2.05) is 60.0 Å². The minimum absolute atomic E-state index is 0.287. The maximum absolute atomic E-state index is 6.48. The van der Waals surface area contributed by atoms with Crippen LogP contribution in [0.15, 0.2) is 60.0 Å². The molecule has 0 fully saturated rings. The lowest BCUT2D eigenvalue weighted by molar-refractivity contribution is 0.296. The zero-order chi connectivity index (χ0) is 17.6. The molecule has 0 saturated carbocycles. The lowest BCUT2D eigenvalue weighted by atomic mass is 10.0. The largest absolute Gasteiger partial charge is 0.493 e. The molecule has 0 aliphatic carbocycles. The van der Waals surface area contributed by atoms with Gasteiger partial charge in [-0.3, -0.25) is 0 Å². The highest BCUT2D eigenvalue weighted by atomic mass is 32.1. The first-order valence-corrected chi connectivity index (χ1v) is 8.82. The Kier molecular flexibility index (Phi) is 5.58. The topological polar surface area (TPSA) is 53.7 Å². The molecular formula is C20H21NO3S. The van der Waals surface area contributed by atoms with Crippen molar-refractivity contribution in [2.75, 3.05) is 14.2 Å². The summed E-state index contributed by atoms with van der Waals surface area (Å²) < 4.78 is 16.9. The van der Waals surface area contributed by atoms with Crippen molar-refractivity contribution in [2.24, 2.45) is 5.73 Å². The molecule has 0 bridgehead atoms. The van der Waals surface area contributed by atoms with Crippen molar-refractivity contribution in [1.82, 2.24) is 0 Å². The maximum Gasteiger partial charge on any atom is 0.164 e. The summed E-state index contributed by atoms with van der Waals surface area (Å²) in [6, 6.07) is 17.5. The zero-order valence-electron chi connectivity index (χ0n) is 14.3. The minimum atomic E-state index is -0.287. The molecule has 0 unspecified atom stereocenters. The van der Waals surface area contributed by atoms with E-state index < -0.39 is 0 Å². The normalized spacial score (nSPS) is 11.8. The van der Waals surface area contributed by atoms with Crippen molar-refractivity contribution in [1.29, 1.82) is 0 Å². The van der Waals surface area contributed by atoms with Gasteiger partial charge < -0.3 is 19.9 Å². The molecule has 2 aromatic carbocycles. The molecule has 5 heteroatoms. The average Bonchev–Trinajstić information content (AvgIpc) is 3.20. The first-order valence-electron chi connectivity index (χ1n) is 7.94. The van der Waals surface area contributed by atoms with Gasteiger partial charge in [0.2, 0.25) is 0 Å². The van der Waals surface area contributed by atoms with E-state index in [2.05, 4.69) is 0 Å². The number of benzene rings is 2. The predicted molar refractivity (Wildman–Crippen MR) is 101 cm³/mol. The van der Waals surface area contributed by atoms with Gasteiger partial charge in [0, 0.05) is 16.5 Å². The standard InChI is InChI=1S/C20H21NO3S/c1-22-17-11-15(20(21)19-9-6-10-25-19)16(12-18(17)23-2)24-13-14-7-4-3-5-8-14/h3-12,20H,13,21H2,1-2H3/t20-/m0/s1. The van der Waals surface area contributed by atoms with Gasteiger partial charge in [-0.2, -0.15) is 0 Å². The molecule has 3 rings (SSSR count). The van der Waals surface area contributed by atoms with Gasteiger partial charge in [0.05, 0.1) is 20.3 Å². The zero-order valence-corrected chi connectivity index (χ0v) is 15.1. The van der Waals surface area contributed by atoms with Crippen molar-refractivity contribution < 1.29 is 14.2 Å². The van der Waals surface area contributed by atoms with Gasteiger partial charge in [-0.05, 0) is 23.1 Å². The van der Waals surface area contributed by atoms with Crippen molar-refractivity contribution in [3.63, 3.8) is 0 Å². The number of methoxy groups -OCH3 is 2. The number of ether oxygens (including phenoxy) is 3. The quantitative estimate of drug-likeness (QED) is 0.683. The number of thiophene rings is 1. The van der Waals surface area contributed by atoms with Gasteiger partial charge in [-0.1, -0.05) is 36.4 Å². The smallest absolute Gasteiger partial charge is 0.164 e. The molecule has 4 nitrogen and oxygen atoms in total. The van der Waals surface area contributed by atoms with Gasteiger partial charge in [0.15, 0.2) is 11.5 Å². The molecule has 0 spiro atoms. The van der Waals surface area contributed by atoms with E-state index in [0.29, 0.717) is 23.9 Å². The van der Waals surface area contributed by atoms with Crippen LogP contribution in [0.2, 0.25) is 0 Å². The van der Waals surface area contributed by atoms with Crippen molar-refractivity contribution >= 4 is 11.3 Å². The van der Waals surface area contributed by atoms with Crippen molar-refractivity contribution in [2.45, 2.75) is 12.6 Å². The molecule has 3 aromatic rings. The van der Waals surface area contributed by atoms with Crippen molar-refractivity contribution in [3.8, 4) is 17.2 Å². The second kappa shape index (κ2) is 8.05. The fourth-order valence-corrected chi connectivity index (χ4v) is 3.35. The fourth-order valence-electron chi connectivity index (χ4n) is 2.60. The molecule has 1 aromatic heterocycles. The summed E-state index contributed by atoms with van der Waals surface area (Å²) in [5, 5.41) is 2.01. The van der Waals surface area contributed by atoms with Crippen LogP contribution in [0, 0.1) is 0 Å². The summed E-state index contributed by atoms with van der Waals surface area (Å²) in [7, 11) is 3.22. The Bertz CT molecular complexity index is 803.